The fourth-order valence-corrected chi connectivity index (χ4v) is 1.46. The predicted octanol–water partition coefficient (Wildman–Crippen LogP) is 1.91. The third-order valence-corrected chi connectivity index (χ3v) is 2.20. The Morgan fingerprint density at radius 2 is 2.13 bits per heavy atom. The molecule has 0 fully saturated rings. The molecule has 0 saturated carbocycles. The standard InChI is InChI=1S/C12H13N3/c1-9-3-2-4-10(7-9)11-5-6-14-12(8-13)15-11/h2-7H,8,13H2,1H3. The quantitative estimate of drug-likeness (QED) is 0.803. The molecule has 0 saturated heterocycles. The van der Waals surface area contributed by atoms with Gasteiger partial charge in [-0.3, -0.25) is 0 Å². The summed E-state index contributed by atoms with van der Waals surface area (Å²) in [5, 5.41) is 0. The first kappa shape index (κ1) is 9.80. The van der Waals surface area contributed by atoms with Crippen molar-refractivity contribution in [1.29, 1.82) is 0 Å². The Balaban J connectivity index is 2.44. The van der Waals surface area contributed by atoms with Crippen molar-refractivity contribution in [3.63, 3.8) is 0 Å². The predicted molar refractivity (Wildman–Crippen MR) is 60.1 cm³/mol. The zero-order chi connectivity index (χ0) is 10.7. The van der Waals surface area contributed by atoms with Crippen molar-refractivity contribution >= 4 is 0 Å². The minimum Gasteiger partial charge on any atom is -0.324 e. The van der Waals surface area contributed by atoms with E-state index < -0.39 is 0 Å². The van der Waals surface area contributed by atoms with Crippen molar-refractivity contribution < 1.29 is 0 Å². The van der Waals surface area contributed by atoms with Gasteiger partial charge in [0.1, 0.15) is 5.82 Å². The summed E-state index contributed by atoms with van der Waals surface area (Å²) in [5.74, 6) is 0.675. The first-order valence-electron chi connectivity index (χ1n) is 4.88. The smallest absolute Gasteiger partial charge is 0.142 e. The molecule has 0 unspecified atom stereocenters. The van der Waals surface area contributed by atoms with Crippen molar-refractivity contribution in [1.82, 2.24) is 9.97 Å². The van der Waals surface area contributed by atoms with E-state index in [-0.39, 0.29) is 0 Å². The molecule has 0 atom stereocenters. The second-order valence-corrected chi connectivity index (χ2v) is 3.43. The Bertz CT molecular complexity index is 466. The summed E-state index contributed by atoms with van der Waals surface area (Å²) in [6, 6.07) is 10.1. The van der Waals surface area contributed by atoms with Crippen molar-refractivity contribution in [3.8, 4) is 11.3 Å². The summed E-state index contributed by atoms with van der Waals surface area (Å²) in [7, 11) is 0. The minimum absolute atomic E-state index is 0.375. The molecule has 76 valence electrons. The van der Waals surface area contributed by atoms with Gasteiger partial charge in [0, 0.05) is 11.8 Å². The molecule has 0 radical (unpaired) electrons. The van der Waals surface area contributed by atoms with Crippen LogP contribution in [0.25, 0.3) is 11.3 Å². The monoisotopic (exact) mass is 199 g/mol. The van der Waals surface area contributed by atoms with Crippen LogP contribution in [0.4, 0.5) is 0 Å². The molecular weight excluding hydrogens is 186 g/mol. The van der Waals surface area contributed by atoms with Gasteiger partial charge < -0.3 is 5.73 Å². The Hall–Kier alpha value is -1.74. The summed E-state index contributed by atoms with van der Waals surface area (Å²) in [6.45, 7) is 2.44. The second kappa shape index (κ2) is 4.19. The summed E-state index contributed by atoms with van der Waals surface area (Å²) < 4.78 is 0. The van der Waals surface area contributed by atoms with Crippen LogP contribution in [0.15, 0.2) is 36.5 Å². The molecule has 2 rings (SSSR count). The molecule has 0 aliphatic carbocycles. The van der Waals surface area contributed by atoms with Crippen LogP contribution in [0.3, 0.4) is 0 Å². The molecular formula is C12H13N3. The SMILES string of the molecule is Cc1cccc(-c2ccnc(CN)n2)c1. The van der Waals surface area contributed by atoms with E-state index in [9.17, 15) is 0 Å². The van der Waals surface area contributed by atoms with Gasteiger partial charge in [-0.25, -0.2) is 9.97 Å². The Morgan fingerprint density at radius 1 is 1.27 bits per heavy atom. The molecule has 3 nitrogen and oxygen atoms in total. The number of hydrogen-bond donors (Lipinski definition) is 1. The van der Waals surface area contributed by atoms with Crippen LogP contribution in [-0.4, -0.2) is 9.97 Å². The van der Waals surface area contributed by atoms with Crippen LogP contribution < -0.4 is 5.73 Å². The van der Waals surface area contributed by atoms with Gasteiger partial charge in [-0.15, -0.1) is 0 Å². The lowest BCUT2D eigenvalue weighted by Gasteiger charge is -2.03. The van der Waals surface area contributed by atoms with E-state index in [4.69, 9.17) is 5.73 Å². The molecule has 0 aliphatic heterocycles. The average Bonchev–Trinajstić information content (AvgIpc) is 2.29. The van der Waals surface area contributed by atoms with Gasteiger partial charge in [-0.2, -0.15) is 0 Å². The normalized spacial score (nSPS) is 10.3. The molecule has 0 amide bonds. The maximum Gasteiger partial charge on any atom is 0.142 e. The summed E-state index contributed by atoms with van der Waals surface area (Å²) in [6.07, 6.45) is 1.74. The Morgan fingerprint density at radius 3 is 2.87 bits per heavy atom. The number of aromatic nitrogens is 2. The van der Waals surface area contributed by atoms with Crippen LogP contribution in [0, 0.1) is 6.92 Å². The second-order valence-electron chi connectivity index (χ2n) is 3.43. The summed E-state index contributed by atoms with van der Waals surface area (Å²) in [4.78, 5) is 8.44. The lowest BCUT2D eigenvalue weighted by atomic mass is 10.1. The van der Waals surface area contributed by atoms with Crippen molar-refractivity contribution in [3.05, 3.63) is 47.9 Å². The highest BCUT2D eigenvalue weighted by Crippen LogP contribution is 2.17. The molecule has 1 heterocycles. The van der Waals surface area contributed by atoms with Crippen molar-refractivity contribution in [2.45, 2.75) is 13.5 Å². The van der Waals surface area contributed by atoms with Crippen LogP contribution in [0.2, 0.25) is 0 Å². The van der Waals surface area contributed by atoms with E-state index in [1.54, 1.807) is 6.20 Å². The largest absolute Gasteiger partial charge is 0.324 e. The number of nitrogens with zero attached hydrogens (tertiary/aromatic N) is 2. The van der Waals surface area contributed by atoms with Gasteiger partial charge in [0.2, 0.25) is 0 Å². The molecule has 1 aromatic heterocycles. The Labute approximate surface area is 89.0 Å². The number of benzene rings is 1. The summed E-state index contributed by atoms with van der Waals surface area (Å²) in [5.41, 5.74) is 8.75. The maximum atomic E-state index is 5.50. The number of hydrogen-bond acceptors (Lipinski definition) is 3. The topological polar surface area (TPSA) is 51.8 Å². The molecule has 3 heteroatoms. The Kier molecular flexibility index (Phi) is 2.74. The first-order chi connectivity index (χ1) is 7.29. The molecule has 0 bridgehead atoms. The molecule has 0 aliphatic rings. The summed E-state index contributed by atoms with van der Waals surface area (Å²) >= 11 is 0. The number of nitrogens with two attached hydrogens (primary N) is 1. The molecule has 2 N–H and O–H groups in total. The first-order valence-corrected chi connectivity index (χ1v) is 4.88. The molecule has 15 heavy (non-hydrogen) atoms. The van der Waals surface area contributed by atoms with Gasteiger partial charge in [0.05, 0.1) is 12.2 Å². The zero-order valence-electron chi connectivity index (χ0n) is 8.64. The van der Waals surface area contributed by atoms with Gasteiger partial charge >= 0.3 is 0 Å². The van der Waals surface area contributed by atoms with Crippen LogP contribution in [-0.2, 0) is 6.54 Å². The van der Waals surface area contributed by atoms with Gasteiger partial charge in [-0.1, -0.05) is 23.8 Å². The fraction of sp³-hybridized carbons (Fsp3) is 0.167. The highest BCUT2D eigenvalue weighted by molar-refractivity contribution is 5.59. The van der Waals surface area contributed by atoms with Gasteiger partial charge in [-0.05, 0) is 19.1 Å². The molecule has 2 aromatic rings. The third-order valence-electron chi connectivity index (χ3n) is 2.20. The third kappa shape index (κ3) is 2.19. The van der Waals surface area contributed by atoms with Gasteiger partial charge in [0.25, 0.3) is 0 Å². The van der Waals surface area contributed by atoms with Crippen molar-refractivity contribution in [2.24, 2.45) is 5.73 Å². The van der Waals surface area contributed by atoms with Crippen molar-refractivity contribution in [2.75, 3.05) is 0 Å². The maximum absolute atomic E-state index is 5.50. The zero-order valence-corrected chi connectivity index (χ0v) is 8.64. The lowest BCUT2D eigenvalue weighted by Crippen LogP contribution is -2.02. The highest BCUT2D eigenvalue weighted by atomic mass is 14.9. The van der Waals surface area contributed by atoms with E-state index in [1.165, 1.54) is 5.56 Å². The minimum atomic E-state index is 0.375. The van der Waals surface area contributed by atoms with E-state index in [1.807, 2.05) is 18.2 Å². The van der Waals surface area contributed by atoms with Crippen LogP contribution in [0.5, 0.6) is 0 Å². The number of aryl methyl sites for hydroxylation is 1. The van der Waals surface area contributed by atoms with Gasteiger partial charge in [0.15, 0.2) is 0 Å². The fourth-order valence-electron chi connectivity index (χ4n) is 1.46. The van der Waals surface area contributed by atoms with E-state index in [0.29, 0.717) is 12.4 Å². The van der Waals surface area contributed by atoms with E-state index in [2.05, 4.69) is 29.0 Å². The molecule has 0 spiro atoms. The van der Waals surface area contributed by atoms with Crippen LogP contribution >= 0.6 is 0 Å². The number of rotatable bonds is 2. The van der Waals surface area contributed by atoms with Crippen LogP contribution in [0.1, 0.15) is 11.4 Å². The highest BCUT2D eigenvalue weighted by Gasteiger charge is 2.00. The van der Waals surface area contributed by atoms with E-state index >= 15 is 0 Å². The average molecular weight is 199 g/mol. The van der Waals surface area contributed by atoms with E-state index in [0.717, 1.165) is 11.3 Å². The lowest BCUT2D eigenvalue weighted by molar-refractivity contribution is 0.912. The molecule has 1 aromatic carbocycles.